The fraction of sp³-hybridized carbons (Fsp3) is 0.600. The highest BCUT2D eigenvalue weighted by Gasteiger charge is 2.39. The van der Waals surface area contributed by atoms with E-state index < -0.39 is 20.0 Å². The number of hydrogen-bond acceptors (Lipinski definition) is 6. The molecule has 2 aromatic rings. The molecule has 5 rings (SSSR count). The lowest BCUT2D eigenvalue weighted by Crippen LogP contribution is -2.32. The molecule has 11 heteroatoms. The van der Waals surface area contributed by atoms with Gasteiger partial charge in [-0.15, -0.1) is 10.2 Å². The fourth-order valence-corrected chi connectivity index (χ4v) is 7.41. The van der Waals surface area contributed by atoms with Crippen LogP contribution in [0, 0.1) is 0 Å². The molecule has 0 amide bonds. The van der Waals surface area contributed by atoms with Crippen molar-refractivity contribution in [2.75, 3.05) is 6.54 Å². The summed E-state index contributed by atoms with van der Waals surface area (Å²) < 4.78 is 57.8. The quantitative estimate of drug-likeness (QED) is 0.698. The van der Waals surface area contributed by atoms with Gasteiger partial charge in [-0.1, -0.05) is 6.42 Å². The zero-order valence-electron chi connectivity index (χ0n) is 17.3. The number of benzene rings is 1. The van der Waals surface area contributed by atoms with E-state index in [4.69, 9.17) is 0 Å². The summed E-state index contributed by atoms with van der Waals surface area (Å²) in [5.41, 5.74) is 0. The smallest absolute Gasteiger partial charge is 0.243 e. The molecule has 168 valence electrons. The van der Waals surface area contributed by atoms with Crippen molar-refractivity contribution in [2.45, 2.75) is 79.8 Å². The second-order valence-electron chi connectivity index (χ2n) is 8.58. The number of nitrogens with zero attached hydrogens (tertiary/aromatic N) is 4. The van der Waals surface area contributed by atoms with Crippen LogP contribution in [-0.2, 0) is 33.0 Å². The van der Waals surface area contributed by atoms with E-state index in [9.17, 15) is 16.8 Å². The molecule has 31 heavy (non-hydrogen) atoms. The maximum Gasteiger partial charge on any atom is 0.243 e. The van der Waals surface area contributed by atoms with Gasteiger partial charge < -0.3 is 4.57 Å². The van der Waals surface area contributed by atoms with Gasteiger partial charge in [-0.2, -0.15) is 4.31 Å². The number of sulfonamides is 2. The lowest BCUT2D eigenvalue weighted by molar-refractivity contribution is 0.370. The molecular weight excluding hydrogens is 438 g/mol. The van der Waals surface area contributed by atoms with Crippen molar-refractivity contribution in [3.63, 3.8) is 0 Å². The van der Waals surface area contributed by atoms with E-state index in [0.29, 0.717) is 13.0 Å². The standard InChI is InChI=1S/C20H27N5O4S2/c26-30(27,23-15-7-8-15)16-9-11-17(12-10-16)31(28,29)25-14-4-5-18(25)20-22-21-19-6-2-1-3-13-24(19)20/h9-12,15,18,23H,1-8,13-14H2. The molecule has 1 aliphatic carbocycles. The summed E-state index contributed by atoms with van der Waals surface area (Å²) in [6, 6.07) is 5.16. The molecule has 2 aliphatic heterocycles. The lowest BCUT2D eigenvalue weighted by Gasteiger charge is -2.24. The topological polar surface area (TPSA) is 114 Å². The summed E-state index contributed by atoms with van der Waals surface area (Å²) in [5, 5.41) is 8.71. The maximum atomic E-state index is 13.4. The molecule has 1 aromatic heterocycles. The molecule has 1 unspecified atom stereocenters. The van der Waals surface area contributed by atoms with Crippen LogP contribution in [0.4, 0.5) is 0 Å². The molecule has 1 N–H and O–H groups in total. The van der Waals surface area contributed by atoms with Gasteiger partial charge in [-0.3, -0.25) is 0 Å². The summed E-state index contributed by atoms with van der Waals surface area (Å²) >= 11 is 0. The van der Waals surface area contributed by atoms with E-state index in [1.54, 1.807) is 0 Å². The molecule has 2 fully saturated rings. The van der Waals surface area contributed by atoms with Gasteiger partial charge in [0.05, 0.1) is 15.8 Å². The third kappa shape index (κ3) is 4.04. The zero-order valence-corrected chi connectivity index (χ0v) is 18.9. The van der Waals surface area contributed by atoms with Crippen LogP contribution >= 0.6 is 0 Å². The van der Waals surface area contributed by atoms with Crippen LogP contribution in [0.5, 0.6) is 0 Å². The van der Waals surface area contributed by atoms with Gasteiger partial charge in [-0.05, 0) is 62.8 Å². The largest absolute Gasteiger partial charge is 0.314 e. The predicted octanol–water partition coefficient (Wildman–Crippen LogP) is 1.97. The minimum atomic E-state index is -3.79. The Morgan fingerprint density at radius 2 is 1.58 bits per heavy atom. The molecule has 1 aromatic carbocycles. The first kappa shape index (κ1) is 21.0. The van der Waals surface area contributed by atoms with Crippen molar-refractivity contribution < 1.29 is 16.8 Å². The number of nitrogens with one attached hydrogen (secondary N) is 1. The zero-order chi connectivity index (χ0) is 21.6. The van der Waals surface area contributed by atoms with Crippen molar-refractivity contribution in [3.05, 3.63) is 35.9 Å². The molecule has 1 atom stereocenters. The van der Waals surface area contributed by atoms with E-state index in [0.717, 1.165) is 63.1 Å². The number of fused-ring (bicyclic) bond motifs is 1. The first-order chi connectivity index (χ1) is 14.9. The van der Waals surface area contributed by atoms with E-state index in [1.807, 2.05) is 0 Å². The Kier molecular flexibility index (Phi) is 5.40. The molecule has 1 saturated carbocycles. The monoisotopic (exact) mass is 465 g/mol. The molecule has 0 radical (unpaired) electrons. The highest BCUT2D eigenvalue weighted by atomic mass is 32.2. The van der Waals surface area contributed by atoms with E-state index >= 15 is 0 Å². The number of aryl methyl sites for hydroxylation is 1. The number of aromatic nitrogens is 3. The van der Waals surface area contributed by atoms with Gasteiger partial charge in [0.15, 0.2) is 5.82 Å². The highest BCUT2D eigenvalue weighted by Crippen LogP contribution is 2.37. The summed E-state index contributed by atoms with van der Waals surface area (Å²) in [7, 11) is -7.40. The summed E-state index contributed by atoms with van der Waals surface area (Å²) in [6.45, 7) is 1.24. The first-order valence-corrected chi connectivity index (χ1v) is 13.8. The Bertz CT molecular complexity index is 1170. The van der Waals surface area contributed by atoms with Crippen molar-refractivity contribution in [2.24, 2.45) is 0 Å². The Morgan fingerprint density at radius 3 is 2.32 bits per heavy atom. The Morgan fingerprint density at radius 1 is 0.839 bits per heavy atom. The minimum Gasteiger partial charge on any atom is -0.314 e. The van der Waals surface area contributed by atoms with Crippen LogP contribution in [0.15, 0.2) is 34.1 Å². The average Bonchev–Trinajstić information content (AvgIpc) is 3.33. The van der Waals surface area contributed by atoms with Crippen LogP contribution in [0.1, 0.15) is 62.6 Å². The van der Waals surface area contributed by atoms with Gasteiger partial charge in [-0.25, -0.2) is 21.6 Å². The normalized spacial score (nSPS) is 22.9. The Balaban J connectivity index is 1.42. The fourth-order valence-electron chi connectivity index (χ4n) is 4.45. The SMILES string of the molecule is O=S(=O)(NC1CC1)c1ccc(S(=O)(=O)N2CCCC2c2nnc3n2CCCCC3)cc1. The van der Waals surface area contributed by atoms with Crippen molar-refractivity contribution in [1.29, 1.82) is 0 Å². The summed E-state index contributed by atoms with van der Waals surface area (Å²) in [4.78, 5) is 0.180. The Hall–Kier alpha value is -1.82. The molecule has 1 saturated heterocycles. The molecule has 9 nitrogen and oxygen atoms in total. The second-order valence-corrected chi connectivity index (χ2v) is 12.2. The third-order valence-corrected chi connectivity index (χ3v) is 9.74. The van der Waals surface area contributed by atoms with Crippen LogP contribution in [0.25, 0.3) is 0 Å². The predicted molar refractivity (Wildman–Crippen MR) is 113 cm³/mol. The number of hydrogen-bond donors (Lipinski definition) is 1. The first-order valence-electron chi connectivity index (χ1n) is 10.9. The maximum absolute atomic E-state index is 13.4. The van der Waals surface area contributed by atoms with E-state index in [1.165, 1.54) is 28.6 Å². The van der Waals surface area contributed by atoms with Crippen molar-refractivity contribution in [3.8, 4) is 0 Å². The molecule has 0 bridgehead atoms. The van der Waals surface area contributed by atoms with Crippen LogP contribution in [0.3, 0.4) is 0 Å². The minimum absolute atomic E-state index is 0.00273. The van der Waals surface area contributed by atoms with Gasteiger partial charge in [0.2, 0.25) is 20.0 Å². The van der Waals surface area contributed by atoms with Crippen LogP contribution < -0.4 is 4.72 Å². The molecule has 0 spiro atoms. The highest BCUT2D eigenvalue weighted by molar-refractivity contribution is 7.89. The molecular formula is C20H27N5O4S2. The molecule has 3 aliphatic rings. The Labute approximate surface area is 183 Å². The van der Waals surface area contributed by atoms with Crippen LogP contribution in [0.2, 0.25) is 0 Å². The van der Waals surface area contributed by atoms with E-state index in [2.05, 4.69) is 19.5 Å². The summed E-state index contributed by atoms with van der Waals surface area (Å²) in [6.07, 6.45) is 7.28. The average molecular weight is 466 g/mol. The van der Waals surface area contributed by atoms with Gasteiger partial charge in [0.1, 0.15) is 5.82 Å². The van der Waals surface area contributed by atoms with Crippen molar-refractivity contribution >= 4 is 20.0 Å². The lowest BCUT2D eigenvalue weighted by atomic mass is 10.2. The van der Waals surface area contributed by atoms with Crippen LogP contribution in [-0.4, -0.2) is 48.5 Å². The van der Waals surface area contributed by atoms with E-state index in [-0.39, 0.29) is 21.9 Å². The third-order valence-electron chi connectivity index (χ3n) is 6.28. The van der Waals surface area contributed by atoms with Gasteiger partial charge >= 0.3 is 0 Å². The number of rotatable bonds is 6. The van der Waals surface area contributed by atoms with Crippen molar-refractivity contribution in [1.82, 2.24) is 23.8 Å². The van der Waals surface area contributed by atoms with Gasteiger partial charge in [0.25, 0.3) is 0 Å². The second kappa shape index (κ2) is 7.95. The summed E-state index contributed by atoms with van der Waals surface area (Å²) in [5.74, 6) is 1.67. The van der Waals surface area contributed by atoms with Gasteiger partial charge in [0, 0.05) is 25.6 Å². The molecule has 3 heterocycles.